The molecule has 1 unspecified atom stereocenters. The predicted octanol–water partition coefficient (Wildman–Crippen LogP) is 2.53. The van der Waals surface area contributed by atoms with Crippen LogP contribution in [0.4, 0.5) is 11.6 Å². The van der Waals surface area contributed by atoms with E-state index in [2.05, 4.69) is 27.2 Å². The quantitative estimate of drug-likeness (QED) is 0.528. The van der Waals surface area contributed by atoms with E-state index < -0.39 is 6.23 Å². The van der Waals surface area contributed by atoms with E-state index in [-0.39, 0.29) is 12.6 Å². The topological polar surface area (TPSA) is 98.8 Å². The first-order chi connectivity index (χ1) is 14.2. The molecule has 4 heterocycles. The van der Waals surface area contributed by atoms with E-state index in [0.717, 1.165) is 49.3 Å². The molecule has 1 fully saturated rings. The van der Waals surface area contributed by atoms with Crippen LogP contribution in [0.25, 0.3) is 5.65 Å². The number of aliphatic hydroxyl groups excluding tert-OH is 2. The zero-order valence-corrected chi connectivity index (χ0v) is 16.7. The van der Waals surface area contributed by atoms with E-state index >= 15 is 0 Å². The van der Waals surface area contributed by atoms with Gasteiger partial charge in [0.1, 0.15) is 11.6 Å². The number of nitrogens with zero attached hydrogens (tertiary/aromatic N) is 5. The largest absolute Gasteiger partial charge is 0.396 e. The standard InChI is InChI=1S/C21H28N6O2/c1-2-15-14-23-27-19(25-21(29)16-6-5-9-22-13-16)12-18(24-20(15)27)26-10-4-3-7-17(26)8-11-28/h5-6,9,12-14,17,21,25,28-29H,2-4,7-8,10-11H2,1H3/t17-,21?/m0/s1. The van der Waals surface area contributed by atoms with Crippen molar-refractivity contribution in [1.29, 1.82) is 0 Å². The molecule has 3 aromatic heterocycles. The van der Waals surface area contributed by atoms with E-state index in [4.69, 9.17) is 4.98 Å². The average Bonchev–Trinajstić information content (AvgIpc) is 3.18. The molecule has 1 aliphatic heterocycles. The van der Waals surface area contributed by atoms with Gasteiger partial charge in [0.2, 0.25) is 0 Å². The molecule has 1 aliphatic rings. The van der Waals surface area contributed by atoms with Gasteiger partial charge in [0.25, 0.3) is 0 Å². The molecule has 0 aromatic carbocycles. The molecule has 0 amide bonds. The number of hydrogen-bond donors (Lipinski definition) is 3. The number of piperidine rings is 1. The number of pyridine rings is 1. The van der Waals surface area contributed by atoms with Gasteiger partial charge in [-0.15, -0.1) is 0 Å². The summed E-state index contributed by atoms with van der Waals surface area (Å²) in [6.45, 7) is 3.16. The highest BCUT2D eigenvalue weighted by Gasteiger charge is 2.25. The van der Waals surface area contributed by atoms with E-state index in [1.807, 2.05) is 18.3 Å². The lowest BCUT2D eigenvalue weighted by Crippen LogP contribution is -2.40. The van der Waals surface area contributed by atoms with Crippen LogP contribution in [-0.4, -0.2) is 49.0 Å². The van der Waals surface area contributed by atoms with Crippen LogP contribution in [0.3, 0.4) is 0 Å². The second-order valence-corrected chi connectivity index (χ2v) is 7.45. The number of aromatic nitrogens is 4. The monoisotopic (exact) mass is 396 g/mol. The summed E-state index contributed by atoms with van der Waals surface area (Å²) in [5, 5.41) is 27.8. The van der Waals surface area contributed by atoms with E-state index in [1.54, 1.807) is 23.0 Å². The maximum Gasteiger partial charge on any atom is 0.162 e. The maximum atomic E-state index is 10.7. The Kier molecular flexibility index (Phi) is 5.92. The van der Waals surface area contributed by atoms with E-state index in [9.17, 15) is 10.2 Å². The Balaban J connectivity index is 1.74. The van der Waals surface area contributed by atoms with Gasteiger partial charge in [-0.25, -0.2) is 4.98 Å². The first-order valence-electron chi connectivity index (χ1n) is 10.3. The first-order valence-corrected chi connectivity index (χ1v) is 10.3. The highest BCUT2D eigenvalue weighted by Crippen LogP contribution is 2.29. The van der Waals surface area contributed by atoms with Crippen molar-refractivity contribution in [1.82, 2.24) is 19.6 Å². The fourth-order valence-electron chi connectivity index (χ4n) is 4.01. The lowest BCUT2D eigenvalue weighted by molar-refractivity contribution is 0.207. The number of aliphatic hydroxyl groups is 2. The third-order valence-corrected chi connectivity index (χ3v) is 5.58. The summed E-state index contributed by atoms with van der Waals surface area (Å²) in [7, 11) is 0. The van der Waals surface area contributed by atoms with Crippen LogP contribution in [0.2, 0.25) is 0 Å². The lowest BCUT2D eigenvalue weighted by Gasteiger charge is -2.36. The minimum atomic E-state index is -0.911. The Morgan fingerprint density at radius 2 is 2.21 bits per heavy atom. The zero-order valence-electron chi connectivity index (χ0n) is 16.7. The summed E-state index contributed by atoms with van der Waals surface area (Å²) in [5.74, 6) is 1.53. The molecule has 8 heteroatoms. The summed E-state index contributed by atoms with van der Waals surface area (Å²) in [6, 6.07) is 5.83. The molecule has 29 heavy (non-hydrogen) atoms. The third kappa shape index (κ3) is 4.04. The Labute approximate surface area is 170 Å². The number of hydrogen-bond acceptors (Lipinski definition) is 7. The highest BCUT2D eigenvalue weighted by atomic mass is 16.3. The van der Waals surface area contributed by atoms with Gasteiger partial charge in [0, 0.05) is 48.8 Å². The summed E-state index contributed by atoms with van der Waals surface area (Å²) in [5.41, 5.74) is 2.53. The van der Waals surface area contributed by atoms with Gasteiger partial charge in [-0.1, -0.05) is 13.0 Å². The van der Waals surface area contributed by atoms with Gasteiger partial charge < -0.3 is 20.4 Å². The Bertz CT molecular complexity index is 943. The van der Waals surface area contributed by atoms with Crippen LogP contribution in [0.1, 0.15) is 50.0 Å². The summed E-state index contributed by atoms with van der Waals surface area (Å²) in [4.78, 5) is 11.3. The van der Waals surface area contributed by atoms with Gasteiger partial charge in [0.15, 0.2) is 11.9 Å². The van der Waals surface area contributed by atoms with Crippen LogP contribution in [0, 0.1) is 0 Å². The Morgan fingerprint density at radius 1 is 1.31 bits per heavy atom. The molecule has 0 bridgehead atoms. The van der Waals surface area contributed by atoms with Crippen molar-refractivity contribution in [3.63, 3.8) is 0 Å². The van der Waals surface area contributed by atoms with Gasteiger partial charge in [-0.3, -0.25) is 4.98 Å². The van der Waals surface area contributed by atoms with Crippen LogP contribution in [0.5, 0.6) is 0 Å². The van der Waals surface area contributed by atoms with Gasteiger partial charge >= 0.3 is 0 Å². The van der Waals surface area contributed by atoms with Gasteiger partial charge in [0.05, 0.1) is 6.20 Å². The highest BCUT2D eigenvalue weighted by molar-refractivity contribution is 5.61. The molecule has 2 atom stereocenters. The van der Waals surface area contributed by atoms with Crippen LogP contribution >= 0.6 is 0 Å². The molecule has 1 saturated heterocycles. The first kappa shape index (κ1) is 19.6. The molecule has 4 rings (SSSR count). The maximum absolute atomic E-state index is 10.7. The van der Waals surface area contributed by atoms with Crippen molar-refractivity contribution in [2.24, 2.45) is 0 Å². The lowest BCUT2D eigenvalue weighted by atomic mass is 9.99. The smallest absolute Gasteiger partial charge is 0.162 e. The molecule has 0 saturated carbocycles. The van der Waals surface area contributed by atoms with Crippen molar-refractivity contribution >= 4 is 17.3 Å². The Morgan fingerprint density at radius 3 is 2.97 bits per heavy atom. The third-order valence-electron chi connectivity index (χ3n) is 5.58. The van der Waals surface area contributed by atoms with Crippen molar-refractivity contribution in [2.45, 2.75) is 51.3 Å². The minimum Gasteiger partial charge on any atom is -0.396 e. The van der Waals surface area contributed by atoms with Gasteiger partial charge in [-0.2, -0.15) is 9.61 Å². The molecule has 3 aromatic rings. The van der Waals surface area contributed by atoms with E-state index in [0.29, 0.717) is 11.4 Å². The molecule has 0 radical (unpaired) electrons. The van der Waals surface area contributed by atoms with Crippen LogP contribution in [0.15, 0.2) is 36.8 Å². The van der Waals surface area contributed by atoms with Crippen molar-refractivity contribution < 1.29 is 10.2 Å². The number of aryl methyl sites for hydroxylation is 1. The molecule has 3 N–H and O–H groups in total. The van der Waals surface area contributed by atoms with Crippen molar-refractivity contribution in [3.05, 3.63) is 47.9 Å². The average molecular weight is 396 g/mol. The normalized spacial score (nSPS) is 18.2. The zero-order chi connectivity index (χ0) is 20.2. The fraction of sp³-hybridized carbons (Fsp3) is 0.476. The molecule has 0 spiro atoms. The SMILES string of the molecule is CCc1cnn2c(NC(O)c3cccnc3)cc(N3CCCC[C@H]3CCO)nc12. The van der Waals surface area contributed by atoms with Crippen LogP contribution < -0.4 is 10.2 Å². The molecule has 0 aliphatic carbocycles. The van der Waals surface area contributed by atoms with E-state index in [1.165, 1.54) is 6.42 Å². The Hall–Kier alpha value is -2.71. The number of fused-ring (bicyclic) bond motifs is 1. The number of nitrogens with one attached hydrogen (secondary N) is 1. The molecular weight excluding hydrogens is 368 g/mol. The second-order valence-electron chi connectivity index (χ2n) is 7.45. The fourth-order valence-corrected chi connectivity index (χ4v) is 4.01. The summed E-state index contributed by atoms with van der Waals surface area (Å²) < 4.78 is 1.74. The van der Waals surface area contributed by atoms with Gasteiger partial charge in [-0.05, 0) is 38.2 Å². The number of rotatable bonds is 7. The molecular formula is C21H28N6O2. The molecule has 154 valence electrons. The predicted molar refractivity (Wildman–Crippen MR) is 112 cm³/mol. The summed E-state index contributed by atoms with van der Waals surface area (Å²) >= 11 is 0. The summed E-state index contributed by atoms with van der Waals surface area (Å²) in [6.07, 6.45) is 9.11. The molecule has 8 nitrogen and oxygen atoms in total. The van der Waals surface area contributed by atoms with Crippen molar-refractivity contribution in [3.8, 4) is 0 Å². The van der Waals surface area contributed by atoms with Crippen LogP contribution in [-0.2, 0) is 6.42 Å². The second kappa shape index (κ2) is 8.75. The van der Waals surface area contributed by atoms with Crippen molar-refractivity contribution in [2.75, 3.05) is 23.4 Å². The number of anilines is 2. The minimum absolute atomic E-state index is 0.168.